The third-order valence-electron chi connectivity index (χ3n) is 6.85. The predicted molar refractivity (Wildman–Crippen MR) is 127 cm³/mol. The van der Waals surface area contributed by atoms with E-state index >= 15 is 4.39 Å². The van der Waals surface area contributed by atoms with Gasteiger partial charge < -0.3 is 19.4 Å². The molecule has 2 saturated heterocycles. The fourth-order valence-corrected chi connectivity index (χ4v) is 5.79. The highest BCUT2D eigenvalue weighted by atomic mass is 32.2. The molecule has 3 aromatic rings. The van der Waals surface area contributed by atoms with Gasteiger partial charge in [-0.25, -0.2) is 22.2 Å². The monoisotopic (exact) mass is 509 g/mol. The van der Waals surface area contributed by atoms with Crippen molar-refractivity contribution in [3.63, 3.8) is 0 Å². The highest BCUT2D eigenvalue weighted by molar-refractivity contribution is 7.88. The second-order valence-electron chi connectivity index (χ2n) is 9.45. The predicted octanol–water partition coefficient (Wildman–Crippen LogP) is 1.23. The van der Waals surface area contributed by atoms with Gasteiger partial charge in [0.05, 0.1) is 24.0 Å². The zero-order valence-electron chi connectivity index (χ0n) is 19.8. The molecule has 0 aliphatic carbocycles. The van der Waals surface area contributed by atoms with Crippen molar-refractivity contribution in [3.05, 3.63) is 18.6 Å². The molecule has 14 heteroatoms. The summed E-state index contributed by atoms with van der Waals surface area (Å²) in [7, 11) is 0.262. The Morgan fingerprint density at radius 2 is 1.91 bits per heavy atom. The largest absolute Gasteiger partial charge is 0.348 e. The Morgan fingerprint density at radius 3 is 2.57 bits per heavy atom. The Balaban J connectivity index is 1.50. The normalized spacial score (nSPS) is 26.9. The van der Waals surface area contributed by atoms with Gasteiger partial charge in [0.15, 0.2) is 5.82 Å². The molecule has 11 nitrogen and oxygen atoms in total. The number of alkyl halides is 2. The molecule has 0 aromatic carbocycles. The van der Waals surface area contributed by atoms with Crippen LogP contribution >= 0.6 is 0 Å². The summed E-state index contributed by atoms with van der Waals surface area (Å²) in [4.78, 5) is 11.0. The van der Waals surface area contributed by atoms with E-state index in [0.717, 1.165) is 17.1 Å². The number of nitrogens with one attached hydrogen (secondary N) is 1. The molecular formula is C21H29F2N9O2S. The van der Waals surface area contributed by atoms with E-state index < -0.39 is 34.5 Å². The van der Waals surface area contributed by atoms with E-state index in [1.54, 1.807) is 17.1 Å². The van der Waals surface area contributed by atoms with Crippen LogP contribution in [0.1, 0.15) is 18.9 Å². The SMILES string of the molecule is CN1CC[C@@H](n2c(-c3nncn3C)cc3cnc(N[C@@H]4CCN(S(C)(=O)=O)C[C@H]4F)nc32)[C@@H](F)C1. The Kier molecular flexibility index (Phi) is 6.21. The number of aromatic nitrogens is 6. The third-order valence-corrected chi connectivity index (χ3v) is 8.12. The van der Waals surface area contributed by atoms with Crippen molar-refractivity contribution in [1.29, 1.82) is 0 Å². The summed E-state index contributed by atoms with van der Waals surface area (Å²) < 4.78 is 58.4. The number of nitrogens with zero attached hydrogens (tertiary/aromatic N) is 8. The van der Waals surface area contributed by atoms with Crippen LogP contribution in [0.2, 0.25) is 0 Å². The summed E-state index contributed by atoms with van der Waals surface area (Å²) in [5.74, 6) is 0.797. The van der Waals surface area contributed by atoms with Crippen LogP contribution in [-0.2, 0) is 17.1 Å². The Hall–Kier alpha value is -2.71. The molecule has 5 heterocycles. The molecule has 2 aliphatic heterocycles. The fraction of sp³-hybridized carbons (Fsp3) is 0.619. The van der Waals surface area contributed by atoms with Gasteiger partial charge in [0.1, 0.15) is 24.3 Å². The van der Waals surface area contributed by atoms with Crippen molar-refractivity contribution in [3.8, 4) is 11.5 Å². The molecule has 0 saturated carbocycles. The van der Waals surface area contributed by atoms with Crippen LogP contribution in [0.25, 0.3) is 22.6 Å². The first-order valence-electron chi connectivity index (χ1n) is 11.5. The Labute approximate surface area is 202 Å². The molecule has 2 aliphatic rings. The quantitative estimate of drug-likeness (QED) is 0.546. The molecule has 0 unspecified atom stereocenters. The number of aryl methyl sites for hydroxylation is 1. The molecule has 4 atom stereocenters. The van der Waals surface area contributed by atoms with E-state index in [1.807, 2.05) is 29.6 Å². The van der Waals surface area contributed by atoms with Crippen molar-refractivity contribution in [2.45, 2.75) is 37.3 Å². The molecule has 2 fully saturated rings. The van der Waals surface area contributed by atoms with Gasteiger partial charge in [-0.15, -0.1) is 10.2 Å². The number of likely N-dealkylation sites (tertiary alicyclic amines) is 1. The number of halogens is 2. The van der Waals surface area contributed by atoms with E-state index in [9.17, 15) is 12.8 Å². The summed E-state index contributed by atoms with van der Waals surface area (Å²) in [6.45, 7) is 1.04. The Bertz CT molecular complexity index is 1330. The number of hydrogen-bond acceptors (Lipinski definition) is 8. The fourth-order valence-electron chi connectivity index (χ4n) is 4.94. The molecule has 0 spiro atoms. The van der Waals surface area contributed by atoms with Crippen LogP contribution in [0, 0.1) is 0 Å². The highest BCUT2D eigenvalue weighted by Gasteiger charge is 2.35. The zero-order chi connectivity index (χ0) is 24.9. The summed E-state index contributed by atoms with van der Waals surface area (Å²) in [6, 6.07) is 0.783. The van der Waals surface area contributed by atoms with Crippen LogP contribution in [-0.4, -0.2) is 105 Å². The molecule has 0 radical (unpaired) electrons. The zero-order valence-corrected chi connectivity index (χ0v) is 20.7. The minimum Gasteiger partial charge on any atom is -0.348 e. The summed E-state index contributed by atoms with van der Waals surface area (Å²) >= 11 is 0. The lowest BCUT2D eigenvalue weighted by atomic mass is 10.0. The molecule has 0 amide bonds. The highest BCUT2D eigenvalue weighted by Crippen LogP contribution is 2.35. The lowest BCUT2D eigenvalue weighted by Gasteiger charge is -2.34. The summed E-state index contributed by atoms with van der Waals surface area (Å²) in [5, 5.41) is 11.9. The van der Waals surface area contributed by atoms with Crippen LogP contribution in [0.3, 0.4) is 0 Å². The second-order valence-corrected chi connectivity index (χ2v) is 11.4. The first kappa shape index (κ1) is 24.0. The van der Waals surface area contributed by atoms with E-state index in [4.69, 9.17) is 0 Å². The van der Waals surface area contributed by atoms with Gasteiger partial charge >= 0.3 is 0 Å². The Morgan fingerprint density at radius 1 is 1.11 bits per heavy atom. The summed E-state index contributed by atoms with van der Waals surface area (Å²) in [5.41, 5.74) is 1.22. The van der Waals surface area contributed by atoms with E-state index in [0.29, 0.717) is 35.5 Å². The van der Waals surface area contributed by atoms with Crippen LogP contribution in [0.4, 0.5) is 14.7 Å². The summed E-state index contributed by atoms with van der Waals surface area (Å²) in [6.07, 6.45) is 2.64. The first-order chi connectivity index (χ1) is 16.6. The van der Waals surface area contributed by atoms with Gasteiger partial charge in [-0.3, -0.25) is 0 Å². The second kappa shape index (κ2) is 9.06. The van der Waals surface area contributed by atoms with Crippen LogP contribution in [0.15, 0.2) is 18.6 Å². The topological polar surface area (TPSA) is 114 Å². The van der Waals surface area contributed by atoms with Crippen molar-refractivity contribution in [2.75, 3.05) is 44.8 Å². The minimum absolute atomic E-state index is 0.213. The number of hydrogen-bond donors (Lipinski definition) is 1. The van der Waals surface area contributed by atoms with Gasteiger partial charge in [-0.2, -0.15) is 9.29 Å². The molecule has 3 aromatic heterocycles. The number of sulfonamides is 1. The van der Waals surface area contributed by atoms with E-state index in [2.05, 4.69) is 25.5 Å². The molecule has 0 bridgehead atoms. The smallest absolute Gasteiger partial charge is 0.224 e. The van der Waals surface area contributed by atoms with Gasteiger partial charge in [-0.05, 0) is 26.0 Å². The molecule has 5 rings (SSSR count). The van der Waals surface area contributed by atoms with Gasteiger partial charge in [0, 0.05) is 44.8 Å². The van der Waals surface area contributed by atoms with Crippen molar-refractivity contribution in [1.82, 2.24) is 38.5 Å². The number of fused-ring (bicyclic) bond motifs is 1. The number of rotatable bonds is 5. The molecule has 190 valence electrons. The number of piperidine rings is 2. The standard InChI is InChI=1S/C21H29F2N9O2S/c1-29-6-5-17(15(23)10-29)32-18(20-28-25-12-30(20)2)8-13-9-24-21(27-19(13)32)26-16-4-7-31(11-14(16)22)35(3,33)34/h8-9,12,14-17H,4-7,10-11H2,1-3H3,(H,24,26,27)/t14-,15+,16-,17-/m1/s1. The van der Waals surface area contributed by atoms with Crippen molar-refractivity contribution in [2.24, 2.45) is 7.05 Å². The van der Waals surface area contributed by atoms with E-state index in [1.165, 1.54) is 0 Å². The number of anilines is 1. The maximum absolute atomic E-state index is 15.3. The van der Waals surface area contributed by atoms with Crippen molar-refractivity contribution < 1.29 is 17.2 Å². The average molecular weight is 510 g/mol. The lowest BCUT2D eigenvalue weighted by Crippen LogP contribution is -2.49. The van der Waals surface area contributed by atoms with E-state index in [-0.39, 0.29) is 25.5 Å². The van der Waals surface area contributed by atoms with Gasteiger partial charge in [0.2, 0.25) is 16.0 Å². The molecule has 35 heavy (non-hydrogen) atoms. The molecule has 1 N–H and O–H groups in total. The van der Waals surface area contributed by atoms with Crippen LogP contribution < -0.4 is 5.32 Å². The average Bonchev–Trinajstić information content (AvgIpc) is 3.37. The third kappa shape index (κ3) is 4.61. The van der Waals surface area contributed by atoms with Gasteiger partial charge in [0.25, 0.3) is 0 Å². The lowest BCUT2D eigenvalue weighted by molar-refractivity contribution is 0.110. The maximum atomic E-state index is 15.3. The van der Waals surface area contributed by atoms with Gasteiger partial charge in [-0.1, -0.05) is 0 Å². The van der Waals surface area contributed by atoms with Crippen LogP contribution in [0.5, 0.6) is 0 Å². The van der Waals surface area contributed by atoms with Crippen molar-refractivity contribution >= 4 is 27.0 Å². The molecular weight excluding hydrogens is 480 g/mol. The first-order valence-corrected chi connectivity index (χ1v) is 13.4. The minimum atomic E-state index is -3.45. The maximum Gasteiger partial charge on any atom is 0.224 e.